The van der Waals surface area contributed by atoms with Gasteiger partial charge in [-0.15, -0.1) is 0 Å². The molecule has 1 heterocycles. The Labute approximate surface area is 106 Å². The van der Waals surface area contributed by atoms with Gasteiger partial charge in [-0.25, -0.2) is 8.78 Å². The van der Waals surface area contributed by atoms with E-state index in [1.165, 1.54) is 0 Å². The van der Waals surface area contributed by atoms with Crippen molar-refractivity contribution in [2.75, 3.05) is 19.6 Å². The van der Waals surface area contributed by atoms with Crippen molar-refractivity contribution < 1.29 is 13.6 Å². The predicted octanol–water partition coefficient (Wildman–Crippen LogP) is 1.54. The topological polar surface area (TPSA) is 41.1 Å². The summed E-state index contributed by atoms with van der Waals surface area (Å²) < 4.78 is 25.8. The van der Waals surface area contributed by atoms with Gasteiger partial charge in [0.15, 0.2) is 0 Å². The average Bonchev–Trinajstić information content (AvgIpc) is 2.49. The fourth-order valence-electron chi connectivity index (χ4n) is 3.87. The fraction of sp³-hybridized carbons (Fsp3) is 0.923. The Morgan fingerprint density at radius 2 is 2.17 bits per heavy atom. The molecular weight excluding hydrogens is 238 g/mol. The third kappa shape index (κ3) is 1.75. The molecule has 3 aliphatic rings. The number of carbonyl (C=O) groups excluding carboxylic acids is 1. The maximum Gasteiger partial charge on any atom is 0.249 e. The highest BCUT2D eigenvalue weighted by molar-refractivity contribution is 5.84. The predicted molar refractivity (Wildman–Crippen MR) is 63.3 cm³/mol. The Kier molecular flexibility index (Phi) is 2.50. The van der Waals surface area contributed by atoms with Gasteiger partial charge in [-0.05, 0) is 30.7 Å². The summed E-state index contributed by atoms with van der Waals surface area (Å²) >= 11 is 0. The van der Waals surface area contributed by atoms with Crippen LogP contribution < -0.4 is 10.6 Å². The number of hydrogen-bond donors (Lipinski definition) is 2. The van der Waals surface area contributed by atoms with Crippen molar-refractivity contribution in [3.8, 4) is 0 Å². The van der Waals surface area contributed by atoms with Gasteiger partial charge in [0.05, 0.1) is 5.41 Å². The van der Waals surface area contributed by atoms with Crippen LogP contribution in [0.2, 0.25) is 0 Å². The lowest BCUT2D eigenvalue weighted by Crippen LogP contribution is -2.56. The van der Waals surface area contributed by atoms with Gasteiger partial charge in [-0.1, -0.05) is 6.92 Å². The summed E-state index contributed by atoms with van der Waals surface area (Å²) in [6, 6.07) is 0. The maximum atomic E-state index is 12.9. The summed E-state index contributed by atoms with van der Waals surface area (Å²) in [4.78, 5) is 12.2. The van der Waals surface area contributed by atoms with E-state index >= 15 is 0 Å². The lowest BCUT2D eigenvalue weighted by atomic mass is 9.61. The molecule has 1 amide bonds. The molecule has 18 heavy (non-hydrogen) atoms. The first-order valence-corrected chi connectivity index (χ1v) is 6.72. The Hall–Kier alpha value is -0.710. The molecule has 2 saturated carbocycles. The molecule has 3 rings (SSSR count). The Balaban J connectivity index is 1.54. The van der Waals surface area contributed by atoms with Crippen LogP contribution in [0.1, 0.15) is 32.6 Å². The molecule has 3 fully saturated rings. The number of hydrogen-bond acceptors (Lipinski definition) is 2. The first-order valence-electron chi connectivity index (χ1n) is 6.72. The van der Waals surface area contributed by atoms with Crippen LogP contribution in [-0.4, -0.2) is 31.5 Å². The van der Waals surface area contributed by atoms with Gasteiger partial charge in [-0.2, -0.15) is 0 Å². The van der Waals surface area contributed by atoms with Crippen molar-refractivity contribution in [1.29, 1.82) is 0 Å². The van der Waals surface area contributed by atoms with Crippen LogP contribution in [0.25, 0.3) is 0 Å². The standard InChI is InChI=1S/C13H20F2N2O/c1-11(5-13(14,15)6-11)7-17-10(18)12-3-2-9(12)4-16-8-12/h9,16H,2-8H2,1H3,(H,17,18)/t9-,12-/m0/s1. The fourth-order valence-corrected chi connectivity index (χ4v) is 3.87. The van der Waals surface area contributed by atoms with E-state index < -0.39 is 11.3 Å². The second-order valence-electron chi connectivity index (χ2n) is 6.73. The second-order valence-corrected chi connectivity index (χ2v) is 6.73. The number of halogens is 2. The summed E-state index contributed by atoms with van der Waals surface area (Å²) in [6.45, 7) is 3.88. The SMILES string of the molecule is CC1(CNC(=O)[C@]23CC[C@H]2CNC3)CC(F)(F)C1. The molecule has 0 radical (unpaired) electrons. The summed E-state index contributed by atoms with van der Waals surface area (Å²) in [5, 5.41) is 6.18. The van der Waals surface area contributed by atoms with Crippen molar-refractivity contribution in [1.82, 2.24) is 10.6 Å². The number of rotatable bonds is 3. The zero-order valence-corrected chi connectivity index (χ0v) is 10.7. The number of amides is 1. The molecule has 1 aliphatic heterocycles. The molecule has 0 unspecified atom stereocenters. The van der Waals surface area contributed by atoms with Crippen molar-refractivity contribution in [3.05, 3.63) is 0 Å². The summed E-state index contributed by atoms with van der Waals surface area (Å²) in [7, 11) is 0. The quantitative estimate of drug-likeness (QED) is 0.806. The highest BCUT2D eigenvalue weighted by atomic mass is 19.3. The number of carbonyl (C=O) groups is 1. The molecule has 0 aromatic rings. The molecule has 0 bridgehead atoms. The Morgan fingerprint density at radius 1 is 1.44 bits per heavy atom. The van der Waals surface area contributed by atoms with Crippen molar-refractivity contribution >= 4 is 5.91 Å². The largest absolute Gasteiger partial charge is 0.355 e. The van der Waals surface area contributed by atoms with Crippen LogP contribution in [0.3, 0.4) is 0 Å². The molecule has 2 N–H and O–H groups in total. The second kappa shape index (κ2) is 3.65. The third-order valence-corrected chi connectivity index (χ3v) is 5.05. The summed E-state index contributed by atoms with van der Waals surface area (Å²) in [5.74, 6) is -2.00. The zero-order valence-electron chi connectivity index (χ0n) is 10.7. The number of nitrogens with one attached hydrogen (secondary N) is 2. The van der Waals surface area contributed by atoms with Crippen molar-refractivity contribution in [3.63, 3.8) is 0 Å². The normalized spacial score (nSPS) is 39.4. The van der Waals surface area contributed by atoms with Gasteiger partial charge in [-0.3, -0.25) is 4.79 Å². The van der Waals surface area contributed by atoms with Crippen LogP contribution in [0.5, 0.6) is 0 Å². The number of alkyl halides is 2. The van der Waals surface area contributed by atoms with Crippen LogP contribution >= 0.6 is 0 Å². The van der Waals surface area contributed by atoms with Crippen LogP contribution in [0, 0.1) is 16.7 Å². The molecule has 0 aromatic carbocycles. The van der Waals surface area contributed by atoms with E-state index in [0.717, 1.165) is 25.9 Å². The maximum absolute atomic E-state index is 12.9. The van der Waals surface area contributed by atoms with E-state index in [0.29, 0.717) is 12.5 Å². The molecule has 0 aromatic heterocycles. The Morgan fingerprint density at radius 3 is 2.67 bits per heavy atom. The van der Waals surface area contributed by atoms with Crippen molar-refractivity contribution in [2.45, 2.75) is 38.5 Å². The highest BCUT2D eigenvalue weighted by Crippen LogP contribution is 2.52. The van der Waals surface area contributed by atoms with E-state index in [1.54, 1.807) is 0 Å². The highest BCUT2D eigenvalue weighted by Gasteiger charge is 2.57. The number of fused-ring (bicyclic) bond motifs is 1. The van der Waals surface area contributed by atoms with Gasteiger partial charge in [0.25, 0.3) is 0 Å². The molecule has 0 spiro atoms. The van der Waals surface area contributed by atoms with Crippen LogP contribution in [0.15, 0.2) is 0 Å². The minimum absolute atomic E-state index is 0.0696. The molecule has 102 valence electrons. The van der Waals surface area contributed by atoms with E-state index in [-0.39, 0.29) is 24.2 Å². The zero-order chi connectivity index (χ0) is 13.0. The molecular formula is C13H20F2N2O. The minimum Gasteiger partial charge on any atom is -0.355 e. The minimum atomic E-state index is -2.52. The van der Waals surface area contributed by atoms with Gasteiger partial charge < -0.3 is 10.6 Å². The smallest absolute Gasteiger partial charge is 0.249 e. The van der Waals surface area contributed by atoms with Crippen LogP contribution in [-0.2, 0) is 4.79 Å². The van der Waals surface area contributed by atoms with E-state index in [9.17, 15) is 13.6 Å². The summed E-state index contributed by atoms with van der Waals surface area (Å²) in [6.07, 6.45) is 1.84. The van der Waals surface area contributed by atoms with Gasteiger partial charge in [0, 0.05) is 25.9 Å². The molecule has 3 nitrogen and oxygen atoms in total. The Bertz CT molecular complexity index is 377. The average molecular weight is 258 g/mol. The molecule has 5 heteroatoms. The van der Waals surface area contributed by atoms with Gasteiger partial charge >= 0.3 is 0 Å². The van der Waals surface area contributed by atoms with E-state index in [2.05, 4.69) is 10.6 Å². The van der Waals surface area contributed by atoms with E-state index in [4.69, 9.17) is 0 Å². The van der Waals surface area contributed by atoms with Crippen LogP contribution in [0.4, 0.5) is 8.78 Å². The molecule has 1 saturated heterocycles. The molecule has 2 aliphatic carbocycles. The lowest BCUT2D eigenvalue weighted by molar-refractivity contribution is -0.158. The third-order valence-electron chi connectivity index (χ3n) is 5.05. The van der Waals surface area contributed by atoms with E-state index in [1.807, 2.05) is 6.92 Å². The monoisotopic (exact) mass is 258 g/mol. The van der Waals surface area contributed by atoms with Crippen molar-refractivity contribution in [2.24, 2.45) is 16.7 Å². The summed E-state index contributed by atoms with van der Waals surface area (Å²) in [5.41, 5.74) is -0.649. The lowest BCUT2D eigenvalue weighted by Gasteiger charge is -2.47. The first-order chi connectivity index (χ1) is 8.35. The molecule has 2 atom stereocenters. The first kappa shape index (κ1) is 12.3. The van der Waals surface area contributed by atoms with Gasteiger partial charge in [0.2, 0.25) is 11.8 Å². The van der Waals surface area contributed by atoms with Gasteiger partial charge in [0.1, 0.15) is 0 Å².